The lowest BCUT2D eigenvalue weighted by atomic mass is 10.3. The standard InChI is InChI=1S/C9H9NO4/c1-6(11)14-8-4-2-3-7(5-8)10-9(12)13/h2-5,10H,1H3,(H,12,13). The summed E-state index contributed by atoms with van der Waals surface area (Å²) >= 11 is 0. The van der Waals surface area contributed by atoms with Gasteiger partial charge in [0.05, 0.1) is 0 Å². The highest BCUT2D eigenvalue weighted by Crippen LogP contribution is 2.17. The van der Waals surface area contributed by atoms with Crippen molar-refractivity contribution in [1.29, 1.82) is 0 Å². The molecule has 0 saturated heterocycles. The van der Waals surface area contributed by atoms with Gasteiger partial charge in [0, 0.05) is 18.7 Å². The molecule has 0 heterocycles. The number of nitrogens with one attached hydrogen (secondary N) is 1. The maximum absolute atomic E-state index is 10.6. The number of rotatable bonds is 2. The number of hydrogen-bond donors (Lipinski definition) is 2. The van der Waals surface area contributed by atoms with E-state index in [2.05, 4.69) is 5.32 Å². The number of benzene rings is 1. The minimum absolute atomic E-state index is 0.309. The highest BCUT2D eigenvalue weighted by molar-refractivity contribution is 5.83. The first kappa shape index (κ1) is 10.0. The second-order valence-corrected chi connectivity index (χ2v) is 2.55. The van der Waals surface area contributed by atoms with Crippen LogP contribution in [-0.4, -0.2) is 17.2 Å². The number of amides is 1. The fourth-order valence-electron chi connectivity index (χ4n) is 0.927. The molecule has 0 spiro atoms. The lowest BCUT2D eigenvalue weighted by Gasteiger charge is -2.03. The van der Waals surface area contributed by atoms with Crippen LogP contribution in [0.2, 0.25) is 0 Å². The minimum atomic E-state index is -1.16. The molecule has 0 aliphatic heterocycles. The molecule has 1 rings (SSSR count). The molecular formula is C9H9NO4. The number of carbonyl (C=O) groups is 2. The topological polar surface area (TPSA) is 75.6 Å². The van der Waals surface area contributed by atoms with Gasteiger partial charge < -0.3 is 9.84 Å². The maximum atomic E-state index is 10.6. The smallest absolute Gasteiger partial charge is 0.409 e. The molecule has 5 nitrogen and oxygen atoms in total. The Bertz CT molecular complexity index is 330. The highest BCUT2D eigenvalue weighted by Gasteiger charge is 2.01. The van der Waals surface area contributed by atoms with Crippen molar-refractivity contribution < 1.29 is 19.4 Å². The van der Waals surface area contributed by atoms with Gasteiger partial charge >= 0.3 is 12.1 Å². The second kappa shape index (κ2) is 4.27. The molecule has 0 fully saturated rings. The summed E-state index contributed by atoms with van der Waals surface area (Å²) in [7, 11) is 0. The Morgan fingerprint density at radius 2 is 2.14 bits per heavy atom. The Morgan fingerprint density at radius 1 is 1.43 bits per heavy atom. The van der Waals surface area contributed by atoms with Crippen LogP contribution >= 0.6 is 0 Å². The normalized spacial score (nSPS) is 9.21. The van der Waals surface area contributed by atoms with Gasteiger partial charge in [-0.1, -0.05) is 6.07 Å². The van der Waals surface area contributed by atoms with Gasteiger partial charge in [0.15, 0.2) is 0 Å². The van der Waals surface area contributed by atoms with Gasteiger partial charge in [-0.25, -0.2) is 4.79 Å². The Kier molecular flexibility index (Phi) is 3.06. The molecule has 0 unspecified atom stereocenters. The number of hydrogen-bond acceptors (Lipinski definition) is 3. The summed E-state index contributed by atoms with van der Waals surface area (Å²) in [4.78, 5) is 20.9. The van der Waals surface area contributed by atoms with Crippen LogP contribution in [0.25, 0.3) is 0 Å². The summed E-state index contributed by atoms with van der Waals surface area (Å²) in [5.74, 6) is -0.138. The van der Waals surface area contributed by atoms with E-state index in [4.69, 9.17) is 9.84 Å². The molecule has 0 atom stereocenters. The van der Waals surface area contributed by atoms with Gasteiger partial charge in [-0.05, 0) is 12.1 Å². The van der Waals surface area contributed by atoms with Gasteiger partial charge in [0.2, 0.25) is 0 Å². The van der Waals surface area contributed by atoms with E-state index in [9.17, 15) is 9.59 Å². The van der Waals surface area contributed by atoms with E-state index < -0.39 is 12.1 Å². The van der Waals surface area contributed by atoms with E-state index in [-0.39, 0.29) is 0 Å². The Hall–Kier alpha value is -2.04. The maximum Gasteiger partial charge on any atom is 0.409 e. The number of esters is 1. The third-order valence-corrected chi connectivity index (χ3v) is 1.35. The zero-order valence-corrected chi connectivity index (χ0v) is 7.48. The molecule has 1 aromatic carbocycles. The first-order chi connectivity index (χ1) is 6.58. The lowest BCUT2D eigenvalue weighted by Crippen LogP contribution is -2.07. The molecule has 0 bridgehead atoms. The molecule has 1 aromatic rings. The van der Waals surface area contributed by atoms with Gasteiger partial charge in [-0.15, -0.1) is 0 Å². The van der Waals surface area contributed by atoms with Crippen LogP contribution in [0.1, 0.15) is 6.92 Å². The summed E-state index contributed by atoms with van der Waals surface area (Å²) in [6.07, 6.45) is -1.16. The first-order valence-electron chi connectivity index (χ1n) is 3.86. The summed E-state index contributed by atoms with van der Waals surface area (Å²) in [6, 6.07) is 6.13. The van der Waals surface area contributed by atoms with Crippen LogP contribution in [0, 0.1) is 0 Å². The van der Waals surface area contributed by atoms with Crippen molar-refractivity contribution in [3.8, 4) is 5.75 Å². The first-order valence-corrected chi connectivity index (χ1v) is 3.86. The van der Waals surface area contributed by atoms with Gasteiger partial charge in [0.1, 0.15) is 5.75 Å². The fourth-order valence-corrected chi connectivity index (χ4v) is 0.927. The average molecular weight is 195 g/mol. The molecule has 14 heavy (non-hydrogen) atoms. The van der Waals surface area contributed by atoms with Crippen molar-refractivity contribution >= 4 is 17.7 Å². The fraction of sp³-hybridized carbons (Fsp3) is 0.111. The largest absolute Gasteiger partial charge is 0.465 e. The van der Waals surface area contributed by atoms with Crippen molar-refractivity contribution in [2.45, 2.75) is 6.92 Å². The molecule has 2 N–H and O–H groups in total. The van der Waals surface area contributed by atoms with Crippen molar-refractivity contribution in [2.75, 3.05) is 5.32 Å². The Labute approximate surface area is 80.3 Å². The van der Waals surface area contributed by atoms with Crippen molar-refractivity contribution in [3.63, 3.8) is 0 Å². The third-order valence-electron chi connectivity index (χ3n) is 1.35. The quantitative estimate of drug-likeness (QED) is 0.556. The van der Waals surface area contributed by atoms with E-state index in [1.807, 2.05) is 0 Å². The number of carbonyl (C=O) groups excluding carboxylic acids is 1. The molecule has 1 amide bonds. The van der Waals surface area contributed by atoms with Gasteiger partial charge in [-0.3, -0.25) is 10.1 Å². The van der Waals surface area contributed by atoms with Crippen LogP contribution in [0.5, 0.6) is 5.75 Å². The zero-order valence-electron chi connectivity index (χ0n) is 7.48. The van der Waals surface area contributed by atoms with Crippen LogP contribution < -0.4 is 10.1 Å². The van der Waals surface area contributed by atoms with E-state index in [1.54, 1.807) is 18.2 Å². The molecule has 0 aromatic heterocycles. The van der Waals surface area contributed by atoms with E-state index in [1.165, 1.54) is 13.0 Å². The molecular weight excluding hydrogens is 186 g/mol. The minimum Gasteiger partial charge on any atom is -0.465 e. The van der Waals surface area contributed by atoms with Crippen LogP contribution in [0.4, 0.5) is 10.5 Å². The Balaban J connectivity index is 2.78. The summed E-state index contributed by atoms with van der Waals surface area (Å²) in [6.45, 7) is 1.28. The number of carboxylic acid groups (broad SMARTS) is 1. The van der Waals surface area contributed by atoms with E-state index >= 15 is 0 Å². The highest BCUT2D eigenvalue weighted by atomic mass is 16.5. The van der Waals surface area contributed by atoms with Gasteiger partial charge in [0.25, 0.3) is 0 Å². The second-order valence-electron chi connectivity index (χ2n) is 2.55. The summed E-state index contributed by atoms with van der Waals surface area (Å²) < 4.78 is 4.76. The molecule has 74 valence electrons. The Morgan fingerprint density at radius 3 is 2.71 bits per heavy atom. The van der Waals surface area contributed by atoms with Crippen LogP contribution in [0.3, 0.4) is 0 Å². The predicted molar refractivity (Wildman–Crippen MR) is 49.4 cm³/mol. The zero-order chi connectivity index (χ0) is 10.6. The van der Waals surface area contributed by atoms with Crippen molar-refractivity contribution in [1.82, 2.24) is 0 Å². The van der Waals surface area contributed by atoms with Crippen molar-refractivity contribution in [2.24, 2.45) is 0 Å². The molecule has 0 aliphatic carbocycles. The molecule has 0 radical (unpaired) electrons. The van der Waals surface area contributed by atoms with Crippen molar-refractivity contribution in [3.05, 3.63) is 24.3 Å². The van der Waals surface area contributed by atoms with E-state index in [0.717, 1.165) is 0 Å². The lowest BCUT2D eigenvalue weighted by molar-refractivity contribution is -0.131. The van der Waals surface area contributed by atoms with Gasteiger partial charge in [-0.2, -0.15) is 0 Å². The van der Waals surface area contributed by atoms with Crippen LogP contribution in [0.15, 0.2) is 24.3 Å². The molecule has 0 saturated carbocycles. The monoisotopic (exact) mass is 195 g/mol. The number of anilines is 1. The summed E-state index contributed by atoms with van der Waals surface area (Å²) in [5, 5.41) is 10.6. The molecule has 5 heteroatoms. The summed E-state index contributed by atoms with van der Waals surface area (Å²) in [5.41, 5.74) is 0.358. The SMILES string of the molecule is CC(=O)Oc1cccc(NC(=O)O)c1. The third kappa shape index (κ3) is 3.14. The van der Waals surface area contributed by atoms with Crippen LogP contribution in [-0.2, 0) is 4.79 Å². The number of ether oxygens (including phenoxy) is 1. The predicted octanol–water partition coefficient (Wildman–Crippen LogP) is 1.70. The average Bonchev–Trinajstić information content (AvgIpc) is 2.01. The van der Waals surface area contributed by atoms with E-state index in [0.29, 0.717) is 11.4 Å². The molecule has 0 aliphatic rings.